The van der Waals surface area contributed by atoms with Gasteiger partial charge in [-0.1, -0.05) is 6.07 Å². The summed E-state index contributed by atoms with van der Waals surface area (Å²) in [6, 6.07) is 4.85. The highest BCUT2D eigenvalue weighted by Gasteiger charge is 2.27. The summed E-state index contributed by atoms with van der Waals surface area (Å²) in [6.45, 7) is 1.80. The number of benzene rings is 1. The lowest BCUT2D eigenvalue weighted by Gasteiger charge is -2.16. The molecule has 1 N–H and O–H groups in total. The second-order valence-electron chi connectivity index (χ2n) is 4.03. The van der Waals surface area contributed by atoms with E-state index in [0.29, 0.717) is 18.4 Å². The number of fused-ring (bicyclic) bond motifs is 1. The van der Waals surface area contributed by atoms with Crippen LogP contribution in [0.5, 0.6) is 0 Å². The Morgan fingerprint density at radius 3 is 3.00 bits per heavy atom. The molecule has 3 heteroatoms. The maximum atomic E-state index is 13.6. The first-order valence-corrected chi connectivity index (χ1v) is 4.79. The average Bonchev–Trinajstić information content (AvgIpc) is 2.27. The van der Waals surface area contributed by atoms with Gasteiger partial charge in [-0.15, -0.1) is 0 Å². The van der Waals surface area contributed by atoms with Gasteiger partial charge in [0.15, 0.2) is 0 Å². The Labute approximate surface area is 82.1 Å². The van der Waals surface area contributed by atoms with Crippen molar-refractivity contribution in [2.24, 2.45) is 0 Å². The van der Waals surface area contributed by atoms with E-state index >= 15 is 0 Å². The Balaban J connectivity index is 2.34. The third kappa shape index (κ3) is 1.72. The maximum absolute atomic E-state index is 13.6. The fraction of sp³-hybridized carbons (Fsp3) is 0.455. The Morgan fingerprint density at radius 1 is 1.43 bits per heavy atom. The van der Waals surface area contributed by atoms with Gasteiger partial charge in [0.2, 0.25) is 0 Å². The standard InChI is InChI=1S/C11H13F2N/c1-11(13)6-5-8-9(12)3-2-4-10(8)14-7-11/h2-4,14H,5-7H2,1H3. The molecule has 0 fully saturated rings. The van der Waals surface area contributed by atoms with Gasteiger partial charge in [-0.05, 0) is 31.9 Å². The van der Waals surface area contributed by atoms with E-state index in [4.69, 9.17) is 0 Å². The van der Waals surface area contributed by atoms with Crippen LogP contribution < -0.4 is 5.32 Å². The predicted molar refractivity (Wildman–Crippen MR) is 52.7 cm³/mol. The zero-order valence-electron chi connectivity index (χ0n) is 8.11. The van der Waals surface area contributed by atoms with Crippen LogP contribution in [0.2, 0.25) is 0 Å². The number of hydrogen-bond acceptors (Lipinski definition) is 1. The monoisotopic (exact) mass is 197 g/mol. The summed E-state index contributed by atoms with van der Waals surface area (Å²) >= 11 is 0. The molecule has 1 heterocycles. The molecule has 0 aromatic heterocycles. The minimum atomic E-state index is -1.24. The molecule has 2 rings (SSSR count). The SMILES string of the molecule is CC1(F)CCc2c(F)cccc2NC1. The lowest BCUT2D eigenvalue weighted by Crippen LogP contribution is -2.26. The summed E-state index contributed by atoms with van der Waals surface area (Å²) in [5.74, 6) is -0.243. The minimum absolute atomic E-state index is 0.243. The molecular formula is C11H13F2N. The molecule has 1 aromatic carbocycles. The van der Waals surface area contributed by atoms with Crippen LogP contribution in [0.4, 0.5) is 14.5 Å². The van der Waals surface area contributed by atoms with Crippen LogP contribution in [-0.2, 0) is 6.42 Å². The summed E-state index contributed by atoms with van der Waals surface area (Å²) in [7, 11) is 0. The highest BCUT2D eigenvalue weighted by Crippen LogP contribution is 2.29. The molecule has 1 aliphatic rings. The minimum Gasteiger partial charge on any atom is -0.382 e. The molecule has 0 amide bonds. The number of rotatable bonds is 0. The molecule has 14 heavy (non-hydrogen) atoms. The molecular weight excluding hydrogens is 184 g/mol. The second kappa shape index (κ2) is 3.23. The van der Waals surface area contributed by atoms with Gasteiger partial charge in [-0.25, -0.2) is 8.78 Å². The van der Waals surface area contributed by atoms with Gasteiger partial charge in [-0.2, -0.15) is 0 Å². The topological polar surface area (TPSA) is 12.0 Å². The number of nitrogens with one attached hydrogen (secondary N) is 1. The van der Waals surface area contributed by atoms with Crippen LogP contribution in [0.3, 0.4) is 0 Å². The van der Waals surface area contributed by atoms with Crippen LogP contribution in [-0.4, -0.2) is 12.2 Å². The van der Waals surface area contributed by atoms with E-state index < -0.39 is 5.67 Å². The normalized spacial score (nSPS) is 26.2. The summed E-state index contributed by atoms with van der Waals surface area (Å²) in [5, 5.41) is 2.94. The first kappa shape index (κ1) is 9.44. The average molecular weight is 197 g/mol. The molecule has 1 unspecified atom stereocenters. The van der Waals surface area contributed by atoms with Crippen molar-refractivity contribution in [2.45, 2.75) is 25.4 Å². The van der Waals surface area contributed by atoms with Crippen LogP contribution >= 0.6 is 0 Å². The van der Waals surface area contributed by atoms with Gasteiger partial charge in [-0.3, -0.25) is 0 Å². The molecule has 0 spiro atoms. The molecule has 0 bridgehead atoms. The van der Waals surface area contributed by atoms with Crippen molar-refractivity contribution in [1.82, 2.24) is 0 Å². The van der Waals surface area contributed by atoms with Crippen molar-refractivity contribution < 1.29 is 8.78 Å². The smallest absolute Gasteiger partial charge is 0.128 e. The van der Waals surface area contributed by atoms with E-state index in [0.717, 1.165) is 5.69 Å². The van der Waals surface area contributed by atoms with Gasteiger partial charge >= 0.3 is 0 Å². The third-order valence-electron chi connectivity index (χ3n) is 2.66. The van der Waals surface area contributed by atoms with E-state index in [1.807, 2.05) is 0 Å². The van der Waals surface area contributed by atoms with Crippen molar-refractivity contribution in [2.75, 3.05) is 11.9 Å². The Morgan fingerprint density at radius 2 is 2.21 bits per heavy atom. The van der Waals surface area contributed by atoms with Crippen molar-refractivity contribution in [1.29, 1.82) is 0 Å². The highest BCUT2D eigenvalue weighted by molar-refractivity contribution is 5.53. The molecule has 76 valence electrons. The van der Waals surface area contributed by atoms with E-state index in [-0.39, 0.29) is 12.4 Å². The predicted octanol–water partition coefficient (Wildman–Crippen LogP) is 2.91. The number of halogens is 2. The van der Waals surface area contributed by atoms with Crippen molar-refractivity contribution in [3.63, 3.8) is 0 Å². The van der Waals surface area contributed by atoms with E-state index in [2.05, 4.69) is 5.32 Å². The van der Waals surface area contributed by atoms with Gasteiger partial charge in [0.25, 0.3) is 0 Å². The fourth-order valence-corrected chi connectivity index (χ4v) is 1.73. The Hall–Kier alpha value is -1.12. The largest absolute Gasteiger partial charge is 0.382 e. The quantitative estimate of drug-likeness (QED) is 0.674. The van der Waals surface area contributed by atoms with Crippen molar-refractivity contribution in [3.05, 3.63) is 29.6 Å². The summed E-state index contributed by atoms with van der Waals surface area (Å²) in [5.41, 5.74) is 0.0890. The molecule has 1 aromatic rings. The Kier molecular flexibility index (Phi) is 2.17. The third-order valence-corrected chi connectivity index (χ3v) is 2.66. The zero-order valence-corrected chi connectivity index (χ0v) is 8.11. The number of hydrogen-bond donors (Lipinski definition) is 1. The molecule has 1 aliphatic heterocycles. The number of alkyl halides is 1. The molecule has 1 atom stereocenters. The van der Waals surface area contributed by atoms with Crippen LogP contribution in [0.25, 0.3) is 0 Å². The zero-order chi connectivity index (χ0) is 10.2. The summed E-state index contributed by atoms with van der Waals surface area (Å²) in [6.07, 6.45) is 0.829. The molecule has 0 saturated heterocycles. The van der Waals surface area contributed by atoms with Crippen molar-refractivity contribution in [3.8, 4) is 0 Å². The molecule has 0 aliphatic carbocycles. The van der Waals surface area contributed by atoms with Gasteiger partial charge in [0.1, 0.15) is 11.5 Å². The van der Waals surface area contributed by atoms with Crippen molar-refractivity contribution >= 4 is 5.69 Å². The van der Waals surface area contributed by atoms with Crippen LogP contribution in [0.15, 0.2) is 18.2 Å². The van der Waals surface area contributed by atoms with Gasteiger partial charge < -0.3 is 5.32 Å². The molecule has 0 radical (unpaired) electrons. The van der Waals surface area contributed by atoms with E-state index in [9.17, 15) is 8.78 Å². The van der Waals surface area contributed by atoms with Gasteiger partial charge in [0, 0.05) is 17.8 Å². The highest BCUT2D eigenvalue weighted by atomic mass is 19.1. The molecule has 1 nitrogen and oxygen atoms in total. The number of anilines is 1. The molecule has 0 saturated carbocycles. The van der Waals surface area contributed by atoms with Gasteiger partial charge in [0.05, 0.1) is 0 Å². The summed E-state index contributed by atoms with van der Waals surface area (Å²) in [4.78, 5) is 0. The lowest BCUT2D eigenvalue weighted by molar-refractivity contribution is 0.194. The lowest BCUT2D eigenvalue weighted by atomic mass is 10.00. The van der Waals surface area contributed by atoms with E-state index in [1.165, 1.54) is 6.07 Å². The van der Waals surface area contributed by atoms with Crippen LogP contribution in [0, 0.1) is 5.82 Å². The maximum Gasteiger partial charge on any atom is 0.128 e. The Bertz CT molecular complexity index is 347. The first-order valence-electron chi connectivity index (χ1n) is 4.79. The second-order valence-corrected chi connectivity index (χ2v) is 4.03. The fourth-order valence-electron chi connectivity index (χ4n) is 1.73. The van der Waals surface area contributed by atoms with Crippen LogP contribution in [0.1, 0.15) is 18.9 Å². The first-order chi connectivity index (χ1) is 6.58. The van der Waals surface area contributed by atoms with E-state index in [1.54, 1.807) is 19.1 Å². The summed E-state index contributed by atoms with van der Waals surface area (Å²) < 4.78 is 27.0.